The first kappa shape index (κ1) is 26.9. The van der Waals surface area contributed by atoms with E-state index >= 15 is 0 Å². The fourth-order valence-electron chi connectivity index (χ4n) is 3.47. The van der Waals surface area contributed by atoms with E-state index in [2.05, 4.69) is 55.0 Å². The molecule has 1 aliphatic rings. The predicted octanol–water partition coefficient (Wildman–Crippen LogP) is 5.97. The van der Waals surface area contributed by atoms with Crippen LogP contribution in [0.1, 0.15) is 43.1 Å². The lowest BCUT2D eigenvalue weighted by molar-refractivity contribution is -0.0964. The maximum Gasteiger partial charge on any atom is 0.487 e. The molecule has 0 bridgehead atoms. The molecule has 35 heavy (non-hydrogen) atoms. The Morgan fingerprint density at radius 1 is 1.29 bits per heavy atom. The third-order valence-electron chi connectivity index (χ3n) is 6.31. The van der Waals surface area contributed by atoms with E-state index < -0.39 is 19.8 Å². The Bertz CT molecular complexity index is 1110. The van der Waals surface area contributed by atoms with E-state index in [0.29, 0.717) is 30.2 Å². The Labute approximate surface area is 210 Å². The largest absolute Gasteiger partial charge is 0.487 e. The standard InChI is InChI=1S/C24H29ClF2N4O3Si/c1-23(2,3)35(4,5)34-20-10-11-31(15-20)21-16(13-28)12-17(14-29-21)22(32)30-18-6-8-19(9-7-18)33-24(25,26)27/h6-9,12,14,20H,10-11,15H2,1-5H3,(H,30,32)/t20-/m1/s1. The number of anilines is 2. The van der Waals surface area contributed by atoms with Crippen LogP contribution in [0.3, 0.4) is 0 Å². The molecular formula is C24H29ClF2N4O3Si. The normalized spacial score (nSPS) is 16.7. The average molecular weight is 523 g/mol. The summed E-state index contributed by atoms with van der Waals surface area (Å²) in [5.41, 5.74) is -2.98. The lowest BCUT2D eigenvalue weighted by Crippen LogP contribution is -2.44. The minimum atomic E-state index is -3.82. The van der Waals surface area contributed by atoms with Gasteiger partial charge in [-0.1, -0.05) is 20.8 Å². The molecule has 0 unspecified atom stereocenters. The van der Waals surface area contributed by atoms with Crippen LogP contribution in [0.4, 0.5) is 20.3 Å². The Kier molecular flexibility index (Phi) is 7.74. The number of aromatic nitrogens is 1. The highest BCUT2D eigenvalue weighted by atomic mass is 35.5. The summed E-state index contributed by atoms with van der Waals surface area (Å²) in [7, 11) is -1.92. The zero-order chi connectivity index (χ0) is 26.0. The molecule has 1 fully saturated rings. The summed E-state index contributed by atoms with van der Waals surface area (Å²) < 4.78 is 36.2. The average Bonchev–Trinajstić information content (AvgIpc) is 3.20. The third kappa shape index (κ3) is 6.90. The number of benzene rings is 1. The Morgan fingerprint density at radius 2 is 1.94 bits per heavy atom. The van der Waals surface area contributed by atoms with Gasteiger partial charge in [-0.3, -0.25) is 4.79 Å². The molecule has 1 aromatic carbocycles. The molecule has 0 radical (unpaired) electrons. The second kappa shape index (κ2) is 10.1. The van der Waals surface area contributed by atoms with E-state index in [0.717, 1.165) is 6.42 Å². The van der Waals surface area contributed by atoms with Gasteiger partial charge in [-0.05, 0) is 54.9 Å². The van der Waals surface area contributed by atoms with Crippen LogP contribution in [0.2, 0.25) is 18.1 Å². The maximum absolute atomic E-state index is 12.7. The smallest absolute Gasteiger partial charge is 0.420 e. The highest BCUT2D eigenvalue weighted by molar-refractivity contribution is 6.74. The van der Waals surface area contributed by atoms with Crippen molar-refractivity contribution in [1.29, 1.82) is 5.26 Å². The summed E-state index contributed by atoms with van der Waals surface area (Å²) >= 11 is 4.75. The number of nitrogens with one attached hydrogen (secondary N) is 1. The number of rotatable bonds is 7. The highest BCUT2D eigenvalue weighted by Crippen LogP contribution is 2.38. The number of nitrogens with zero attached hydrogens (tertiary/aromatic N) is 3. The van der Waals surface area contributed by atoms with Gasteiger partial charge in [0.2, 0.25) is 0 Å². The molecule has 2 heterocycles. The van der Waals surface area contributed by atoms with Crippen LogP contribution in [0.15, 0.2) is 36.5 Å². The van der Waals surface area contributed by atoms with Crippen molar-refractivity contribution in [3.63, 3.8) is 0 Å². The lowest BCUT2D eigenvalue weighted by atomic mass is 10.1. The van der Waals surface area contributed by atoms with Crippen molar-refractivity contribution in [2.24, 2.45) is 0 Å². The Hall–Kier alpha value is -2.74. The molecule has 1 amide bonds. The maximum atomic E-state index is 12.7. The van der Waals surface area contributed by atoms with E-state index in [4.69, 9.17) is 16.0 Å². The first-order chi connectivity index (χ1) is 16.2. The van der Waals surface area contributed by atoms with E-state index in [1.165, 1.54) is 36.5 Å². The van der Waals surface area contributed by atoms with Crippen LogP contribution < -0.4 is 15.0 Å². The molecule has 1 atom stereocenters. The van der Waals surface area contributed by atoms with Gasteiger partial charge in [0, 0.05) is 36.6 Å². The molecule has 1 saturated heterocycles. The van der Waals surface area contributed by atoms with Crippen LogP contribution >= 0.6 is 11.6 Å². The molecule has 1 N–H and O–H groups in total. The molecule has 188 valence electrons. The zero-order valence-electron chi connectivity index (χ0n) is 20.4. The van der Waals surface area contributed by atoms with Gasteiger partial charge in [0.05, 0.1) is 17.2 Å². The van der Waals surface area contributed by atoms with Crippen molar-refractivity contribution in [1.82, 2.24) is 4.98 Å². The molecule has 3 rings (SSSR count). The number of hydrogen-bond acceptors (Lipinski definition) is 6. The minimum Gasteiger partial charge on any atom is -0.420 e. The first-order valence-corrected chi connectivity index (χ1v) is 14.5. The minimum absolute atomic E-state index is 0.0675. The topological polar surface area (TPSA) is 87.5 Å². The van der Waals surface area contributed by atoms with Gasteiger partial charge in [-0.25, -0.2) is 4.98 Å². The molecule has 0 spiro atoms. The van der Waals surface area contributed by atoms with E-state index in [1.807, 2.05) is 4.90 Å². The number of nitriles is 1. The molecule has 1 aromatic heterocycles. The number of amides is 1. The quantitative estimate of drug-likeness (QED) is 0.356. The number of ether oxygens (including phenoxy) is 1. The van der Waals surface area contributed by atoms with Crippen molar-refractivity contribution < 1.29 is 22.7 Å². The van der Waals surface area contributed by atoms with E-state index in [9.17, 15) is 18.8 Å². The second-order valence-corrected chi connectivity index (χ2v) is 15.2. The highest BCUT2D eigenvalue weighted by Gasteiger charge is 2.40. The van der Waals surface area contributed by atoms with E-state index in [1.54, 1.807) is 0 Å². The van der Waals surface area contributed by atoms with Crippen molar-refractivity contribution in [2.45, 2.75) is 57.0 Å². The zero-order valence-corrected chi connectivity index (χ0v) is 22.1. The summed E-state index contributed by atoms with van der Waals surface area (Å²) in [5.74, 6) is -0.117. The predicted molar refractivity (Wildman–Crippen MR) is 134 cm³/mol. The van der Waals surface area contributed by atoms with Crippen LogP contribution in [0.5, 0.6) is 5.75 Å². The fourth-order valence-corrected chi connectivity index (χ4v) is 4.94. The van der Waals surface area contributed by atoms with Crippen molar-refractivity contribution in [2.75, 3.05) is 23.3 Å². The molecule has 7 nitrogen and oxygen atoms in total. The molecule has 0 saturated carbocycles. The van der Waals surface area contributed by atoms with Crippen molar-refractivity contribution in [3.05, 3.63) is 47.7 Å². The van der Waals surface area contributed by atoms with Gasteiger partial charge in [-0.15, -0.1) is 8.78 Å². The van der Waals surface area contributed by atoms with Crippen molar-refractivity contribution >= 4 is 37.3 Å². The summed E-state index contributed by atoms with van der Waals surface area (Å²) in [4.78, 5) is 19.1. The molecular weight excluding hydrogens is 494 g/mol. The summed E-state index contributed by atoms with van der Waals surface area (Å²) in [5, 5.41) is 12.4. The number of carbonyl (C=O) groups excluding carboxylic acids is 1. The summed E-state index contributed by atoms with van der Waals surface area (Å²) in [6, 6.07) is 8.93. The number of alkyl halides is 3. The lowest BCUT2D eigenvalue weighted by Gasteiger charge is -2.38. The number of pyridine rings is 1. The van der Waals surface area contributed by atoms with Gasteiger partial charge in [-0.2, -0.15) is 5.26 Å². The second-order valence-electron chi connectivity index (χ2n) is 9.97. The fraction of sp³-hybridized carbons (Fsp3) is 0.458. The number of carbonyl (C=O) groups is 1. The van der Waals surface area contributed by atoms with E-state index in [-0.39, 0.29) is 22.5 Å². The van der Waals surface area contributed by atoms with Gasteiger partial charge in [0.25, 0.3) is 5.91 Å². The van der Waals surface area contributed by atoms with Gasteiger partial charge in [0.15, 0.2) is 8.32 Å². The third-order valence-corrected chi connectivity index (χ3v) is 10.9. The van der Waals surface area contributed by atoms with Crippen LogP contribution in [0, 0.1) is 11.3 Å². The van der Waals surface area contributed by atoms with Crippen LogP contribution in [0.25, 0.3) is 0 Å². The van der Waals surface area contributed by atoms with Gasteiger partial charge in [0.1, 0.15) is 17.6 Å². The summed E-state index contributed by atoms with van der Waals surface area (Å²) in [6.45, 7) is 12.4. The SMILES string of the molecule is CC(C)(C)[Si](C)(C)O[C@@H]1CCN(c2ncc(C(=O)Nc3ccc(OC(F)(F)Cl)cc3)cc2C#N)C1. The number of hydrogen-bond donors (Lipinski definition) is 1. The molecule has 0 aliphatic carbocycles. The van der Waals surface area contributed by atoms with Gasteiger partial charge < -0.3 is 19.4 Å². The van der Waals surface area contributed by atoms with Gasteiger partial charge >= 0.3 is 5.57 Å². The molecule has 2 aromatic rings. The van der Waals surface area contributed by atoms with Crippen molar-refractivity contribution in [3.8, 4) is 11.8 Å². The van der Waals surface area contributed by atoms with Crippen LogP contribution in [-0.4, -0.2) is 44.0 Å². The monoisotopic (exact) mass is 522 g/mol. The van der Waals surface area contributed by atoms with Crippen LogP contribution in [-0.2, 0) is 4.43 Å². The first-order valence-electron chi connectivity index (χ1n) is 11.2. The molecule has 11 heteroatoms. The Morgan fingerprint density at radius 3 is 2.51 bits per heavy atom. The Balaban J connectivity index is 1.67. The number of halogens is 3. The summed E-state index contributed by atoms with van der Waals surface area (Å²) in [6.07, 6.45) is 2.33. The molecule has 1 aliphatic heterocycles.